The highest BCUT2D eigenvalue weighted by molar-refractivity contribution is 6.30. The smallest absolute Gasteiger partial charge is 0.437 e. The van der Waals surface area contributed by atoms with Crippen LogP contribution in [0.25, 0.3) is 0 Å². The second-order valence-corrected chi connectivity index (χ2v) is 8.32. The topological polar surface area (TPSA) is 97.0 Å². The van der Waals surface area contributed by atoms with E-state index in [-0.39, 0.29) is 34.7 Å². The molecule has 1 aliphatic carbocycles. The highest BCUT2D eigenvalue weighted by Crippen LogP contribution is 2.38. The van der Waals surface area contributed by atoms with Gasteiger partial charge in [0.05, 0.1) is 24.5 Å². The number of amides is 1. The molecule has 35 heavy (non-hydrogen) atoms. The van der Waals surface area contributed by atoms with Crippen LogP contribution in [0.3, 0.4) is 0 Å². The van der Waals surface area contributed by atoms with Crippen LogP contribution in [0.15, 0.2) is 52.6 Å². The summed E-state index contributed by atoms with van der Waals surface area (Å²) in [6.07, 6.45) is 1.58. The van der Waals surface area contributed by atoms with Gasteiger partial charge in [-0.15, -0.1) is 0 Å². The van der Waals surface area contributed by atoms with E-state index in [1.165, 1.54) is 25.2 Å². The van der Waals surface area contributed by atoms with Crippen LogP contribution in [-0.4, -0.2) is 22.5 Å². The van der Waals surface area contributed by atoms with Crippen LogP contribution in [0, 0.1) is 17.2 Å². The average Bonchev–Trinajstić information content (AvgIpc) is 3.63. The van der Waals surface area contributed by atoms with Crippen molar-refractivity contribution in [3.63, 3.8) is 0 Å². The Balaban J connectivity index is 2.06. The molecule has 2 aromatic rings. The van der Waals surface area contributed by atoms with Crippen molar-refractivity contribution in [1.29, 1.82) is 5.26 Å². The highest BCUT2D eigenvalue weighted by atomic mass is 35.5. The Hall–Kier alpha value is -3.58. The van der Waals surface area contributed by atoms with Crippen molar-refractivity contribution in [3.05, 3.63) is 74.5 Å². The second-order valence-electron chi connectivity index (χ2n) is 7.88. The molecule has 1 N–H and O–H groups in total. The van der Waals surface area contributed by atoms with Gasteiger partial charge < -0.3 is 10.1 Å². The molecule has 0 bridgehead atoms. The van der Waals surface area contributed by atoms with E-state index in [9.17, 15) is 22.8 Å². The van der Waals surface area contributed by atoms with Crippen molar-refractivity contribution >= 4 is 17.5 Å². The molecule has 1 saturated carbocycles. The Bertz CT molecular complexity index is 1290. The number of hydrogen-bond acceptors (Lipinski definition) is 5. The number of nitrogens with one attached hydrogen (secondary N) is 1. The SMILES string of the molecule is CC/C=C(/C=C(\C(=O)NC)C1CC1)Cn1cnc(C(F)(F)F)c(Oc2cc(Cl)cc(C#N)c2)c1=O. The first kappa shape index (κ1) is 26.0. The van der Waals surface area contributed by atoms with E-state index in [4.69, 9.17) is 21.6 Å². The number of rotatable bonds is 8. The van der Waals surface area contributed by atoms with E-state index in [0.717, 1.165) is 23.7 Å². The molecule has 0 saturated heterocycles. The number of carbonyl (C=O) groups is 1. The fourth-order valence-corrected chi connectivity index (χ4v) is 3.64. The van der Waals surface area contributed by atoms with Crippen LogP contribution in [0.4, 0.5) is 13.2 Å². The molecule has 1 aromatic heterocycles. The van der Waals surface area contributed by atoms with Crippen molar-refractivity contribution in [2.45, 2.75) is 38.9 Å². The molecule has 7 nitrogen and oxygen atoms in total. The maximum Gasteiger partial charge on any atom is 0.437 e. The summed E-state index contributed by atoms with van der Waals surface area (Å²) in [6.45, 7) is 1.74. The molecule has 1 aliphatic rings. The lowest BCUT2D eigenvalue weighted by atomic mass is 10.1. The summed E-state index contributed by atoms with van der Waals surface area (Å²) >= 11 is 5.92. The number of nitriles is 1. The number of aromatic nitrogens is 2. The number of carbonyl (C=O) groups excluding carboxylic acids is 1. The Morgan fingerprint density at radius 3 is 2.66 bits per heavy atom. The minimum Gasteiger partial charge on any atom is -0.449 e. The lowest BCUT2D eigenvalue weighted by Crippen LogP contribution is -2.27. The molecule has 0 unspecified atom stereocenters. The van der Waals surface area contributed by atoms with Crippen LogP contribution in [0.1, 0.15) is 37.4 Å². The standard InChI is InChI=1S/C24H22ClF3N4O3/c1-3-4-14(9-19(16-5-6-16)22(33)30-2)12-32-13-31-21(24(26,27)28)20(23(32)34)35-18-8-15(11-29)7-17(25)10-18/h4,7-10,13,16H,3,5-6,12H2,1-2H3,(H,30,33)/b14-4-,19-9-. The van der Waals surface area contributed by atoms with Gasteiger partial charge in [0.2, 0.25) is 11.7 Å². The van der Waals surface area contributed by atoms with Gasteiger partial charge >= 0.3 is 6.18 Å². The summed E-state index contributed by atoms with van der Waals surface area (Å²) in [6, 6.07) is 5.48. The number of alkyl halides is 3. The first-order valence-electron chi connectivity index (χ1n) is 10.7. The Morgan fingerprint density at radius 1 is 1.37 bits per heavy atom. The van der Waals surface area contributed by atoms with Crippen molar-refractivity contribution in [2.24, 2.45) is 5.92 Å². The normalized spacial score (nSPS) is 14.4. The van der Waals surface area contributed by atoms with Gasteiger partial charge in [-0.25, -0.2) is 4.98 Å². The number of hydrogen-bond donors (Lipinski definition) is 1. The zero-order valence-electron chi connectivity index (χ0n) is 18.9. The Labute approximate surface area is 204 Å². The monoisotopic (exact) mass is 506 g/mol. The zero-order chi connectivity index (χ0) is 25.8. The summed E-state index contributed by atoms with van der Waals surface area (Å²) in [4.78, 5) is 28.8. The minimum atomic E-state index is -4.97. The molecular formula is C24H22ClF3N4O3. The quantitative estimate of drug-likeness (QED) is 0.401. The van der Waals surface area contributed by atoms with Gasteiger partial charge in [0.25, 0.3) is 5.56 Å². The molecule has 0 spiro atoms. The number of likely N-dealkylation sites (N-methyl/N-ethyl adjacent to an activating group) is 1. The highest BCUT2D eigenvalue weighted by Gasteiger charge is 2.39. The third-order valence-corrected chi connectivity index (χ3v) is 5.37. The summed E-state index contributed by atoms with van der Waals surface area (Å²) in [7, 11) is 1.52. The Morgan fingerprint density at radius 2 is 2.09 bits per heavy atom. The minimum absolute atomic E-state index is 0.0467. The summed E-state index contributed by atoms with van der Waals surface area (Å²) < 4.78 is 47.2. The molecule has 1 fully saturated rings. The molecular weight excluding hydrogens is 485 g/mol. The largest absolute Gasteiger partial charge is 0.449 e. The van der Waals surface area contributed by atoms with Crippen LogP contribution < -0.4 is 15.6 Å². The van der Waals surface area contributed by atoms with Gasteiger partial charge in [-0.05, 0) is 55.0 Å². The van der Waals surface area contributed by atoms with Crippen LogP contribution in [0.5, 0.6) is 11.5 Å². The van der Waals surface area contributed by atoms with E-state index in [0.29, 0.717) is 17.6 Å². The molecule has 1 heterocycles. The lowest BCUT2D eigenvalue weighted by Gasteiger charge is -2.15. The average molecular weight is 507 g/mol. The van der Waals surface area contributed by atoms with Gasteiger partial charge in [-0.1, -0.05) is 24.6 Å². The van der Waals surface area contributed by atoms with Crippen LogP contribution >= 0.6 is 11.6 Å². The number of halogens is 4. The lowest BCUT2D eigenvalue weighted by molar-refractivity contribution is -0.142. The van der Waals surface area contributed by atoms with E-state index in [1.54, 1.807) is 12.2 Å². The molecule has 0 radical (unpaired) electrons. The predicted octanol–water partition coefficient (Wildman–Crippen LogP) is 5.00. The number of allylic oxidation sites excluding steroid dienone is 3. The molecule has 11 heteroatoms. The van der Waals surface area contributed by atoms with Gasteiger partial charge in [0, 0.05) is 17.6 Å². The second kappa shape index (κ2) is 10.8. The third kappa shape index (κ3) is 6.51. The molecule has 0 aliphatic heterocycles. The van der Waals surface area contributed by atoms with Crippen LogP contribution in [-0.2, 0) is 17.5 Å². The third-order valence-electron chi connectivity index (χ3n) is 5.15. The molecule has 3 rings (SSSR count). The predicted molar refractivity (Wildman–Crippen MR) is 123 cm³/mol. The van der Waals surface area contributed by atoms with Crippen molar-refractivity contribution in [1.82, 2.24) is 14.9 Å². The van der Waals surface area contributed by atoms with Gasteiger partial charge in [-0.3, -0.25) is 14.2 Å². The first-order valence-corrected chi connectivity index (χ1v) is 11.1. The van der Waals surface area contributed by atoms with Gasteiger partial charge in [0.15, 0.2) is 5.69 Å². The van der Waals surface area contributed by atoms with E-state index in [2.05, 4.69) is 10.3 Å². The van der Waals surface area contributed by atoms with Crippen molar-refractivity contribution in [3.8, 4) is 17.6 Å². The van der Waals surface area contributed by atoms with Crippen molar-refractivity contribution < 1.29 is 22.7 Å². The molecule has 184 valence electrons. The summed E-state index contributed by atoms with van der Waals surface area (Å²) in [5.74, 6) is -1.39. The maximum atomic E-state index is 13.6. The van der Waals surface area contributed by atoms with E-state index < -0.39 is 23.2 Å². The van der Waals surface area contributed by atoms with E-state index >= 15 is 0 Å². The number of nitrogens with zero attached hydrogens (tertiary/aromatic N) is 3. The van der Waals surface area contributed by atoms with Crippen LogP contribution in [0.2, 0.25) is 5.02 Å². The molecule has 0 atom stereocenters. The summed E-state index contributed by atoms with van der Waals surface area (Å²) in [5, 5.41) is 11.7. The Kier molecular flexibility index (Phi) is 8.02. The van der Waals surface area contributed by atoms with Gasteiger partial charge in [-0.2, -0.15) is 18.4 Å². The fraction of sp³-hybridized carbons (Fsp3) is 0.333. The maximum absolute atomic E-state index is 13.6. The van der Waals surface area contributed by atoms with E-state index in [1.807, 2.05) is 13.0 Å². The fourth-order valence-electron chi connectivity index (χ4n) is 3.42. The number of benzene rings is 1. The molecule has 1 aromatic carbocycles. The number of ether oxygens (including phenoxy) is 1. The molecule has 1 amide bonds. The van der Waals surface area contributed by atoms with Gasteiger partial charge in [0.1, 0.15) is 5.75 Å². The first-order chi connectivity index (χ1) is 16.6. The zero-order valence-corrected chi connectivity index (χ0v) is 19.7. The summed E-state index contributed by atoms with van der Waals surface area (Å²) in [5.41, 5.74) is -1.40. The van der Waals surface area contributed by atoms with Crippen molar-refractivity contribution in [2.75, 3.05) is 7.05 Å².